The highest BCUT2D eigenvalue weighted by molar-refractivity contribution is 8.00. The summed E-state index contributed by atoms with van der Waals surface area (Å²) >= 11 is 2.04. The van der Waals surface area contributed by atoms with E-state index in [1.54, 1.807) is 0 Å². The van der Waals surface area contributed by atoms with Gasteiger partial charge in [-0.05, 0) is 51.0 Å². The molecule has 1 aromatic carbocycles. The second kappa shape index (κ2) is 7.81. The maximum atomic E-state index is 5.41. The van der Waals surface area contributed by atoms with Gasteiger partial charge in [0.05, 0.1) is 6.61 Å². The average molecular weight is 279 g/mol. The fourth-order valence-corrected chi connectivity index (χ4v) is 3.70. The van der Waals surface area contributed by atoms with Gasteiger partial charge in [-0.3, -0.25) is 0 Å². The molecule has 2 rings (SSSR count). The lowest BCUT2D eigenvalue weighted by atomic mass is 10.3. The molecule has 19 heavy (non-hydrogen) atoms. The Balaban J connectivity index is 1.80. The van der Waals surface area contributed by atoms with Gasteiger partial charge in [-0.15, -0.1) is 11.8 Å². The summed E-state index contributed by atoms with van der Waals surface area (Å²) in [6.07, 6.45) is 5.59. The zero-order valence-electron chi connectivity index (χ0n) is 12.0. The summed E-state index contributed by atoms with van der Waals surface area (Å²) in [5.74, 6) is 0. The van der Waals surface area contributed by atoms with Gasteiger partial charge in [-0.25, -0.2) is 0 Å². The number of hydrogen-bond donors (Lipinski definition) is 1. The quantitative estimate of drug-likeness (QED) is 0.790. The third kappa shape index (κ3) is 5.07. The number of benzene rings is 1. The Morgan fingerprint density at radius 2 is 1.95 bits per heavy atom. The zero-order chi connectivity index (χ0) is 13.5. The summed E-state index contributed by atoms with van der Waals surface area (Å²) in [5.41, 5.74) is 1.18. The van der Waals surface area contributed by atoms with Gasteiger partial charge in [0, 0.05) is 28.5 Å². The third-order valence-electron chi connectivity index (χ3n) is 3.44. The first-order valence-electron chi connectivity index (χ1n) is 7.39. The second-order valence-corrected chi connectivity index (χ2v) is 6.63. The van der Waals surface area contributed by atoms with Gasteiger partial charge >= 0.3 is 0 Å². The smallest absolute Gasteiger partial charge is 0.0664 e. The van der Waals surface area contributed by atoms with Crippen molar-refractivity contribution in [2.24, 2.45) is 0 Å². The standard InChI is InChI=1S/C16H25NOS/c1-3-18-12-13(2)17-14-8-10-16(11-9-14)19-15-6-4-5-7-15/h8-11,13,15,17H,3-7,12H2,1-2H3. The molecule has 3 heteroatoms. The van der Waals surface area contributed by atoms with E-state index in [1.165, 1.54) is 36.3 Å². The predicted molar refractivity (Wildman–Crippen MR) is 84.1 cm³/mol. The average Bonchev–Trinajstić information content (AvgIpc) is 2.91. The van der Waals surface area contributed by atoms with Crippen molar-refractivity contribution in [2.75, 3.05) is 18.5 Å². The summed E-state index contributed by atoms with van der Waals surface area (Å²) < 4.78 is 5.41. The van der Waals surface area contributed by atoms with E-state index in [2.05, 4.69) is 36.5 Å². The molecule has 0 bridgehead atoms. The molecule has 1 unspecified atom stereocenters. The minimum absolute atomic E-state index is 0.355. The molecule has 0 heterocycles. The zero-order valence-corrected chi connectivity index (χ0v) is 12.8. The van der Waals surface area contributed by atoms with Crippen LogP contribution in [0.1, 0.15) is 39.5 Å². The van der Waals surface area contributed by atoms with Crippen LogP contribution in [0.4, 0.5) is 5.69 Å². The van der Waals surface area contributed by atoms with Crippen molar-refractivity contribution in [1.29, 1.82) is 0 Å². The van der Waals surface area contributed by atoms with Crippen molar-refractivity contribution < 1.29 is 4.74 Å². The topological polar surface area (TPSA) is 21.3 Å². The molecule has 0 amide bonds. The molecule has 1 atom stereocenters. The molecular weight excluding hydrogens is 254 g/mol. The maximum Gasteiger partial charge on any atom is 0.0664 e. The molecule has 2 nitrogen and oxygen atoms in total. The van der Waals surface area contributed by atoms with Gasteiger partial charge in [0.15, 0.2) is 0 Å². The van der Waals surface area contributed by atoms with E-state index in [0.717, 1.165) is 18.5 Å². The van der Waals surface area contributed by atoms with Crippen molar-refractivity contribution in [3.8, 4) is 0 Å². The van der Waals surface area contributed by atoms with E-state index < -0.39 is 0 Å². The summed E-state index contributed by atoms with van der Waals surface area (Å²) in [6, 6.07) is 9.19. The number of anilines is 1. The van der Waals surface area contributed by atoms with Gasteiger partial charge in [0.25, 0.3) is 0 Å². The molecule has 0 aromatic heterocycles. The summed E-state index contributed by atoms with van der Waals surface area (Å²) in [7, 11) is 0. The molecule has 0 aliphatic heterocycles. The van der Waals surface area contributed by atoms with E-state index in [1.807, 2.05) is 18.7 Å². The summed E-state index contributed by atoms with van der Waals surface area (Å²) in [6.45, 7) is 5.72. The van der Waals surface area contributed by atoms with Crippen LogP contribution >= 0.6 is 11.8 Å². The van der Waals surface area contributed by atoms with Crippen molar-refractivity contribution in [2.45, 2.75) is 55.7 Å². The molecule has 1 aliphatic carbocycles. The minimum atomic E-state index is 0.355. The largest absolute Gasteiger partial charge is 0.380 e. The third-order valence-corrected chi connectivity index (χ3v) is 4.79. The lowest BCUT2D eigenvalue weighted by Crippen LogP contribution is -2.21. The molecule has 1 fully saturated rings. The highest BCUT2D eigenvalue weighted by Gasteiger charge is 2.15. The fourth-order valence-electron chi connectivity index (χ4n) is 2.45. The Morgan fingerprint density at radius 3 is 2.58 bits per heavy atom. The monoisotopic (exact) mass is 279 g/mol. The normalized spacial score (nSPS) is 17.6. The second-order valence-electron chi connectivity index (χ2n) is 5.25. The lowest BCUT2D eigenvalue weighted by molar-refractivity contribution is 0.141. The van der Waals surface area contributed by atoms with Crippen molar-refractivity contribution in [3.63, 3.8) is 0 Å². The minimum Gasteiger partial charge on any atom is -0.380 e. The number of thioether (sulfide) groups is 1. The molecule has 1 aliphatic rings. The van der Waals surface area contributed by atoms with E-state index >= 15 is 0 Å². The highest BCUT2D eigenvalue weighted by Crippen LogP contribution is 2.34. The molecule has 0 saturated heterocycles. The van der Waals surface area contributed by atoms with Gasteiger partial charge < -0.3 is 10.1 Å². The fraction of sp³-hybridized carbons (Fsp3) is 0.625. The van der Waals surface area contributed by atoms with Crippen molar-refractivity contribution in [3.05, 3.63) is 24.3 Å². The first kappa shape index (κ1) is 14.7. The van der Waals surface area contributed by atoms with Crippen LogP contribution in [0.25, 0.3) is 0 Å². The van der Waals surface area contributed by atoms with E-state index in [0.29, 0.717) is 6.04 Å². The van der Waals surface area contributed by atoms with Gasteiger partial charge in [-0.2, -0.15) is 0 Å². The van der Waals surface area contributed by atoms with Crippen LogP contribution in [0, 0.1) is 0 Å². The Kier molecular flexibility index (Phi) is 6.05. The van der Waals surface area contributed by atoms with Gasteiger partial charge in [0.2, 0.25) is 0 Å². The Bertz CT molecular complexity index is 360. The summed E-state index contributed by atoms with van der Waals surface area (Å²) in [4.78, 5) is 1.40. The molecule has 0 spiro atoms. The van der Waals surface area contributed by atoms with Crippen LogP contribution < -0.4 is 5.32 Å². The lowest BCUT2D eigenvalue weighted by Gasteiger charge is -2.15. The number of ether oxygens (including phenoxy) is 1. The summed E-state index contributed by atoms with van der Waals surface area (Å²) in [5, 5.41) is 4.31. The first-order valence-corrected chi connectivity index (χ1v) is 8.27. The molecule has 1 N–H and O–H groups in total. The number of rotatable bonds is 7. The Labute approximate surface area is 121 Å². The predicted octanol–water partition coefficient (Wildman–Crippen LogP) is 4.56. The first-order chi connectivity index (χ1) is 9.28. The SMILES string of the molecule is CCOCC(C)Nc1ccc(SC2CCCC2)cc1. The van der Waals surface area contributed by atoms with Crippen LogP contribution in [-0.4, -0.2) is 24.5 Å². The molecule has 106 valence electrons. The van der Waals surface area contributed by atoms with E-state index in [-0.39, 0.29) is 0 Å². The van der Waals surface area contributed by atoms with E-state index in [4.69, 9.17) is 4.74 Å². The molecular formula is C16H25NOS. The number of nitrogens with one attached hydrogen (secondary N) is 1. The van der Waals surface area contributed by atoms with Crippen LogP contribution in [0.5, 0.6) is 0 Å². The van der Waals surface area contributed by atoms with Crippen molar-refractivity contribution in [1.82, 2.24) is 0 Å². The molecule has 0 radical (unpaired) electrons. The van der Waals surface area contributed by atoms with Gasteiger partial charge in [0.1, 0.15) is 0 Å². The number of hydrogen-bond acceptors (Lipinski definition) is 3. The van der Waals surface area contributed by atoms with Crippen LogP contribution in [0.3, 0.4) is 0 Å². The van der Waals surface area contributed by atoms with E-state index in [9.17, 15) is 0 Å². The Hall–Kier alpha value is -0.670. The van der Waals surface area contributed by atoms with Crippen LogP contribution in [-0.2, 0) is 4.74 Å². The highest BCUT2D eigenvalue weighted by atomic mass is 32.2. The van der Waals surface area contributed by atoms with Gasteiger partial charge in [-0.1, -0.05) is 12.8 Å². The van der Waals surface area contributed by atoms with Crippen molar-refractivity contribution >= 4 is 17.4 Å². The molecule has 1 aromatic rings. The van der Waals surface area contributed by atoms with Crippen LogP contribution in [0.2, 0.25) is 0 Å². The van der Waals surface area contributed by atoms with Crippen LogP contribution in [0.15, 0.2) is 29.2 Å². The maximum absolute atomic E-state index is 5.41. The Morgan fingerprint density at radius 1 is 1.26 bits per heavy atom. The molecule has 1 saturated carbocycles.